The number of benzene rings is 1. The minimum absolute atomic E-state index is 0.00265. The van der Waals surface area contributed by atoms with Crippen LogP contribution in [0.5, 0.6) is 0 Å². The van der Waals surface area contributed by atoms with Gasteiger partial charge in [0, 0.05) is 31.0 Å². The number of rotatable bonds is 4. The summed E-state index contributed by atoms with van der Waals surface area (Å²) in [7, 11) is -3.67. The Kier molecular flexibility index (Phi) is 5.39. The molecule has 0 aromatic heterocycles. The number of amides is 2. The number of carbonyl (C=O) groups is 2. The first-order valence-corrected chi connectivity index (χ1v) is 12.1. The Bertz CT molecular complexity index is 945. The molecular weight excluding hydrogens is 414 g/mol. The molecule has 3 saturated heterocycles. The summed E-state index contributed by atoms with van der Waals surface area (Å²) in [6.45, 7) is 5.10. The van der Waals surface area contributed by atoms with Crippen molar-refractivity contribution < 1.29 is 22.7 Å². The summed E-state index contributed by atoms with van der Waals surface area (Å²) in [5.74, 6) is 0.256. The van der Waals surface area contributed by atoms with Crippen molar-refractivity contribution in [2.24, 2.45) is 0 Å². The molecule has 0 spiro atoms. The van der Waals surface area contributed by atoms with Gasteiger partial charge in [0.1, 0.15) is 6.04 Å². The van der Waals surface area contributed by atoms with E-state index in [1.54, 1.807) is 35.7 Å². The number of hydrogen-bond acceptors (Lipinski definition) is 6. The molecule has 0 aliphatic carbocycles. The molecule has 2 atom stereocenters. The summed E-state index contributed by atoms with van der Waals surface area (Å²) in [6.07, 6.45) is 1.20. The second-order valence-corrected chi connectivity index (χ2v) is 11.2. The molecule has 4 rings (SSSR count). The third-order valence-corrected chi connectivity index (χ3v) is 9.34. The second-order valence-electron chi connectivity index (χ2n) is 7.75. The van der Waals surface area contributed by atoms with Crippen molar-refractivity contribution in [3.05, 3.63) is 23.8 Å². The van der Waals surface area contributed by atoms with Gasteiger partial charge in [-0.05, 0) is 38.0 Å². The molecular formula is C19H25N3O5S2. The van der Waals surface area contributed by atoms with Crippen LogP contribution in [-0.2, 0) is 24.3 Å². The smallest absolute Gasteiger partial charge is 0.248 e. The second kappa shape index (κ2) is 7.57. The molecule has 10 heteroatoms. The van der Waals surface area contributed by atoms with Crippen LogP contribution < -0.4 is 5.32 Å². The van der Waals surface area contributed by atoms with E-state index in [9.17, 15) is 18.0 Å². The Balaban J connectivity index is 1.55. The molecule has 3 heterocycles. The van der Waals surface area contributed by atoms with Crippen LogP contribution in [0.4, 0.5) is 5.69 Å². The molecule has 0 unspecified atom stereocenters. The van der Waals surface area contributed by atoms with Crippen molar-refractivity contribution >= 4 is 39.3 Å². The van der Waals surface area contributed by atoms with Crippen molar-refractivity contribution in [3.8, 4) is 0 Å². The lowest BCUT2D eigenvalue weighted by Crippen LogP contribution is -2.48. The van der Waals surface area contributed by atoms with E-state index in [-0.39, 0.29) is 21.6 Å². The highest BCUT2D eigenvalue weighted by Gasteiger charge is 2.52. The highest BCUT2D eigenvalue weighted by molar-refractivity contribution is 8.01. The first-order chi connectivity index (χ1) is 13.7. The van der Waals surface area contributed by atoms with Gasteiger partial charge in [-0.15, -0.1) is 11.8 Å². The van der Waals surface area contributed by atoms with Crippen LogP contribution in [0.2, 0.25) is 0 Å². The highest BCUT2D eigenvalue weighted by atomic mass is 32.2. The lowest BCUT2D eigenvalue weighted by molar-refractivity contribution is -0.135. The van der Waals surface area contributed by atoms with Gasteiger partial charge in [0.15, 0.2) is 0 Å². The van der Waals surface area contributed by atoms with E-state index in [0.717, 1.165) is 6.42 Å². The standard InChI is InChI=1S/C19H25N3O5S2/c1-13-3-4-14(11-16(13)29(25,26)21-7-9-27-10-8-21)20-18(24)15-12-28-19(2)6-5-17(23)22(15)19/h3-4,11,15H,5-10,12H2,1-2H3,(H,20,24)/t15-,19-/m0/s1. The van der Waals surface area contributed by atoms with E-state index >= 15 is 0 Å². The number of carbonyl (C=O) groups excluding carboxylic acids is 2. The van der Waals surface area contributed by atoms with Gasteiger partial charge in [-0.1, -0.05) is 6.07 Å². The predicted molar refractivity (Wildman–Crippen MR) is 110 cm³/mol. The Morgan fingerprint density at radius 2 is 2.03 bits per heavy atom. The number of fused-ring (bicyclic) bond motifs is 1. The molecule has 0 radical (unpaired) electrons. The van der Waals surface area contributed by atoms with E-state index in [1.165, 1.54) is 10.4 Å². The molecule has 3 aliphatic rings. The van der Waals surface area contributed by atoms with Crippen LogP contribution in [0.3, 0.4) is 0 Å². The van der Waals surface area contributed by atoms with E-state index in [1.807, 2.05) is 6.92 Å². The third-order valence-electron chi connectivity index (χ3n) is 5.79. The lowest BCUT2D eigenvalue weighted by Gasteiger charge is -2.30. The van der Waals surface area contributed by atoms with Crippen LogP contribution in [0.15, 0.2) is 23.1 Å². The number of sulfonamides is 1. The molecule has 158 valence electrons. The zero-order chi connectivity index (χ0) is 20.8. The lowest BCUT2D eigenvalue weighted by atomic mass is 10.2. The number of morpholine rings is 1. The van der Waals surface area contributed by atoms with Gasteiger partial charge >= 0.3 is 0 Å². The summed E-state index contributed by atoms with van der Waals surface area (Å²) in [6, 6.07) is 4.35. The average Bonchev–Trinajstić information content (AvgIpc) is 3.20. The normalized spacial score (nSPS) is 27.9. The summed E-state index contributed by atoms with van der Waals surface area (Å²) >= 11 is 1.62. The first kappa shape index (κ1) is 20.6. The van der Waals surface area contributed by atoms with Crippen molar-refractivity contribution in [1.29, 1.82) is 0 Å². The number of nitrogens with zero attached hydrogens (tertiary/aromatic N) is 2. The van der Waals surface area contributed by atoms with Gasteiger partial charge in [0.2, 0.25) is 21.8 Å². The molecule has 1 N–H and O–H groups in total. The molecule has 1 aromatic rings. The SMILES string of the molecule is Cc1ccc(NC(=O)[C@@H]2CS[C@@]3(C)CCC(=O)N23)cc1S(=O)(=O)N1CCOCC1. The first-order valence-electron chi connectivity index (χ1n) is 9.68. The van der Waals surface area contributed by atoms with Gasteiger partial charge in [0.05, 0.1) is 23.0 Å². The van der Waals surface area contributed by atoms with Crippen molar-refractivity contribution in [2.45, 2.75) is 42.5 Å². The van der Waals surface area contributed by atoms with E-state index in [4.69, 9.17) is 4.74 Å². The molecule has 0 saturated carbocycles. The van der Waals surface area contributed by atoms with E-state index in [0.29, 0.717) is 49.7 Å². The van der Waals surface area contributed by atoms with Gasteiger partial charge in [-0.25, -0.2) is 8.42 Å². The maximum Gasteiger partial charge on any atom is 0.248 e. The Hall–Kier alpha value is -1.62. The monoisotopic (exact) mass is 439 g/mol. The number of thioether (sulfide) groups is 1. The Morgan fingerprint density at radius 3 is 2.76 bits per heavy atom. The number of anilines is 1. The number of nitrogens with one attached hydrogen (secondary N) is 1. The molecule has 8 nitrogen and oxygen atoms in total. The Labute approximate surface area is 175 Å². The molecule has 1 aromatic carbocycles. The molecule has 3 fully saturated rings. The summed E-state index contributed by atoms with van der Waals surface area (Å²) in [4.78, 5) is 26.7. The molecule has 0 bridgehead atoms. The summed E-state index contributed by atoms with van der Waals surface area (Å²) in [5.41, 5.74) is 1.03. The van der Waals surface area contributed by atoms with Crippen LogP contribution in [0.1, 0.15) is 25.3 Å². The highest BCUT2D eigenvalue weighted by Crippen LogP contribution is 2.47. The fraction of sp³-hybridized carbons (Fsp3) is 0.579. The fourth-order valence-electron chi connectivity index (χ4n) is 4.12. The minimum Gasteiger partial charge on any atom is -0.379 e. The number of aryl methyl sites for hydroxylation is 1. The van der Waals surface area contributed by atoms with Gasteiger partial charge in [-0.2, -0.15) is 4.31 Å². The zero-order valence-corrected chi connectivity index (χ0v) is 18.1. The Morgan fingerprint density at radius 1 is 1.31 bits per heavy atom. The topological polar surface area (TPSA) is 96.0 Å². The van der Waals surface area contributed by atoms with Gasteiger partial charge in [0.25, 0.3) is 0 Å². The third kappa shape index (κ3) is 3.67. The fourth-order valence-corrected chi connectivity index (χ4v) is 7.21. The number of hydrogen-bond donors (Lipinski definition) is 1. The summed E-state index contributed by atoms with van der Waals surface area (Å²) < 4.78 is 32.7. The van der Waals surface area contributed by atoms with Crippen molar-refractivity contribution in [1.82, 2.24) is 9.21 Å². The number of ether oxygens (including phenoxy) is 1. The van der Waals surface area contributed by atoms with Crippen LogP contribution in [-0.4, -0.2) is 72.4 Å². The zero-order valence-electron chi connectivity index (χ0n) is 16.5. The van der Waals surface area contributed by atoms with Crippen LogP contribution in [0.25, 0.3) is 0 Å². The van der Waals surface area contributed by atoms with Gasteiger partial charge in [-0.3, -0.25) is 9.59 Å². The van der Waals surface area contributed by atoms with Crippen LogP contribution >= 0.6 is 11.8 Å². The van der Waals surface area contributed by atoms with Crippen molar-refractivity contribution in [2.75, 3.05) is 37.4 Å². The predicted octanol–water partition coefficient (Wildman–Crippen LogP) is 1.41. The van der Waals surface area contributed by atoms with E-state index in [2.05, 4.69) is 5.32 Å². The molecule has 29 heavy (non-hydrogen) atoms. The van der Waals surface area contributed by atoms with Crippen molar-refractivity contribution in [3.63, 3.8) is 0 Å². The maximum atomic E-state index is 13.0. The average molecular weight is 440 g/mol. The summed E-state index contributed by atoms with van der Waals surface area (Å²) in [5, 5.41) is 2.82. The minimum atomic E-state index is -3.67. The maximum absolute atomic E-state index is 13.0. The van der Waals surface area contributed by atoms with Crippen LogP contribution in [0, 0.1) is 6.92 Å². The van der Waals surface area contributed by atoms with E-state index < -0.39 is 16.1 Å². The largest absolute Gasteiger partial charge is 0.379 e. The van der Waals surface area contributed by atoms with Gasteiger partial charge < -0.3 is 15.0 Å². The molecule has 2 amide bonds. The molecule has 3 aliphatic heterocycles. The quantitative estimate of drug-likeness (QED) is 0.762.